The van der Waals surface area contributed by atoms with Crippen molar-refractivity contribution in [2.24, 2.45) is 0 Å². The fourth-order valence-electron chi connectivity index (χ4n) is 1.59. The Morgan fingerprint density at radius 2 is 1.74 bits per heavy atom. The largest absolute Gasteiger partial charge is 0.493 e. The summed E-state index contributed by atoms with van der Waals surface area (Å²) in [6.45, 7) is -0.211. The summed E-state index contributed by atoms with van der Waals surface area (Å²) >= 11 is 3.01. The quantitative estimate of drug-likeness (QED) is 0.778. The molecule has 0 unspecified atom stereocenters. The summed E-state index contributed by atoms with van der Waals surface area (Å²) in [5.74, 6) is -0.354. The van der Waals surface area contributed by atoms with Crippen LogP contribution in [0.5, 0.6) is 11.5 Å². The summed E-state index contributed by atoms with van der Waals surface area (Å²) in [6, 6.07) is 9.43. The molecule has 0 aromatic heterocycles. The number of ether oxygens (including phenoxy) is 2. The van der Waals surface area contributed by atoms with Gasteiger partial charge in [-0.15, -0.1) is 0 Å². The van der Waals surface area contributed by atoms with Gasteiger partial charge in [0, 0.05) is 0 Å². The Labute approximate surface area is 118 Å². The summed E-state index contributed by atoms with van der Waals surface area (Å²) in [7, 11) is 1.50. The maximum atomic E-state index is 13.7. The SMILES string of the molecule is COc1ccccc1OCc1c(F)ccc(Br)c1F. The molecule has 2 nitrogen and oxygen atoms in total. The van der Waals surface area contributed by atoms with Crippen molar-refractivity contribution >= 4 is 15.9 Å². The highest BCUT2D eigenvalue weighted by atomic mass is 79.9. The van der Waals surface area contributed by atoms with Crippen molar-refractivity contribution < 1.29 is 18.3 Å². The average molecular weight is 329 g/mol. The molecule has 0 bridgehead atoms. The highest BCUT2D eigenvalue weighted by molar-refractivity contribution is 9.10. The molecule has 2 aromatic carbocycles. The van der Waals surface area contributed by atoms with Crippen LogP contribution < -0.4 is 9.47 Å². The minimum absolute atomic E-state index is 0.125. The van der Waals surface area contributed by atoms with Crippen LogP contribution in [0, 0.1) is 11.6 Å². The topological polar surface area (TPSA) is 18.5 Å². The van der Waals surface area contributed by atoms with Gasteiger partial charge in [0.25, 0.3) is 0 Å². The highest BCUT2D eigenvalue weighted by Gasteiger charge is 2.13. The van der Waals surface area contributed by atoms with E-state index in [1.165, 1.54) is 19.2 Å². The Morgan fingerprint density at radius 3 is 2.42 bits per heavy atom. The van der Waals surface area contributed by atoms with Gasteiger partial charge in [0.2, 0.25) is 0 Å². The number of benzene rings is 2. The minimum Gasteiger partial charge on any atom is -0.493 e. The van der Waals surface area contributed by atoms with Crippen LogP contribution in [0.25, 0.3) is 0 Å². The van der Waals surface area contributed by atoms with Crippen molar-refractivity contribution in [3.8, 4) is 11.5 Å². The van der Waals surface area contributed by atoms with Gasteiger partial charge in [-0.05, 0) is 40.2 Å². The Kier molecular flexibility index (Phi) is 4.37. The Bertz CT molecular complexity index is 588. The second-order valence-corrected chi connectivity index (χ2v) is 4.62. The van der Waals surface area contributed by atoms with Crippen molar-refractivity contribution in [1.82, 2.24) is 0 Å². The van der Waals surface area contributed by atoms with Gasteiger partial charge < -0.3 is 9.47 Å². The van der Waals surface area contributed by atoms with Gasteiger partial charge in [0.05, 0.1) is 17.1 Å². The molecule has 0 amide bonds. The fraction of sp³-hybridized carbons (Fsp3) is 0.143. The zero-order chi connectivity index (χ0) is 13.8. The predicted octanol–water partition coefficient (Wildman–Crippen LogP) is 4.31. The second-order valence-electron chi connectivity index (χ2n) is 3.76. The normalized spacial score (nSPS) is 10.3. The van der Waals surface area contributed by atoms with Gasteiger partial charge in [0.15, 0.2) is 11.5 Å². The van der Waals surface area contributed by atoms with E-state index in [9.17, 15) is 8.78 Å². The van der Waals surface area contributed by atoms with E-state index in [2.05, 4.69) is 15.9 Å². The molecule has 100 valence electrons. The van der Waals surface area contributed by atoms with E-state index in [1.54, 1.807) is 24.3 Å². The van der Waals surface area contributed by atoms with E-state index < -0.39 is 11.6 Å². The van der Waals surface area contributed by atoms with Crippen LogP contribution in [0.1, 0.15) is 5.56 Å². The lowest BCUT2D eigenvalue weighted by Crippen LogP contribution is -2.03. The second kappa shape index (κ2) is 6.02. The molecule has 0 atom stereocenters. The third-order valence-electron chi connectivity index (χ3n) is 2.58. The molecule has 19 heavy (non-hydrogen) atoms. The number of methoxy groups -OCH3 is 1. The molecule has 2 rings (SSSR count). The van der Waals surface area contributed by atoms with Crippen molar-refractivity contribution in [2.45, 2.75) is 6.61 Å². The first-order valence-corrected chi connectivity index (χ1v) is 6.31. The van der Waals surface area contributed by atoms with Crippen LogP contribution in [0.3, 0.4) is 0 Å². The van der Waals surface area contributed by atoms with Gasteiger partial charge >= 0.3 is 0 Å². The monoisotopic (exact) mass is 328 g/mol. The molecule has 0 heterocycles. The van der Waals surface area contributed by atoms with E-state index >= 15 is 0 Å². The summed E-state index contributed by atoms with van der Waals surface area (Å²) in [5, 5.41) is 0. The molecule has 0 fully saturated rings. The summed E-state index contributed by atoms with van der Waals surface area (Å²) < 4.78 is 38.0. The summed E-state index contributed by atoms with van der Waals surface area (Å²) in [5.41, 5.74) is -0.125. The predicted molar refractivity (Wildman–Crippen MR) is 71.4 cm³/mol. The molecule has 2 aromatic rings. The van der Waals surface area contributed by atoms with Crippen molar-refractivity contribution in [3.05, 3.63) is 58.1 Å². The smallest absolute Gasteiger partial charge is 0.161 e. The van der Waals surface area contributed by atoms with Crippen LogP contribution in [0.15, 0.2) is 40.9 Å². The molecule has 0 aliphatic carbocycles. The lowest BCUT2D eigenvalue weighted by molar-refractivity contribution is 0.274. The van der Waals surface area contributed by atoms with E-state index in [0.717, 1.165) is 0 Å². The first-order valence-electron chi connectivity index (χ1n) is 5.51. The molecule has 0 saturated carbocycles. The van der Waals surface area contributed by atoms with Crippen LogP contribution in [-0.2, 0) is 6.61 Å². The van der Waals surface area contributed by atoms with E-state index in [1.807, 2.05) is 0 Å². The van der Waals surface area contributed by atoms with Crippen LogP contribution in [-0.4, -0.2) is 7.11 Å². The lowest BCUT2D eigenvalue weighted by atomic mass is 10.2. The van der Waals surface area contributed by atoms with Gasteiger partial charge in [0.1, 0.15) is 18.2 Å². The van der Waals surface area contributed by atoms with Gasteiger partial charge in [-0.2, -0.15) is 0 Å². The van der Waals surface area contributed by atoms with E-state index in [-0.39, 0.29) is 16.6 Å². The van der Waals surface area contributed by atoms with Crippen LogP contribution in [0.4, 0.5) is 8.78 Å². The molecule has 0 aliphatic heterocycles. The maximum Gasteiger partial charge on any atom is 0.161 e. The molecule has 0 spiro atoms. The van der Waals surface area contributed by atoms with E-state index in [4.69, 9.17) is 9.47 Å². The molecular formula is C14H11BrF2O2. The van der Waals surface area contributed by atoms with Crippen LogP contribution in [0.2, 0.25) is 0 Å². The van der Waals surface area contributed by atoms with Crippen molar-refractivity contribution in [3.63, 3.8) is 0 Å². The molecule has 0 radical (unpaired) electrons. The summed E-state index contributed by atoms with van der Waals surface area (Å²) in [6.07, 6.45) is 0. The number of hydrogen-bond donors (Lipinski definition) is 0. The van der Waals surface area contributed by atoms with Crippen molar-refractivity contribution in [2.75, 3.05) is 7.11 Å². The Balaban J connectivity index is 2.21. The van der Waals surface area contributed by atoms with E-state index in [0.29, 0.717) is 11.5 Å². The summed E-state index contributed by atoms with van der Waals surface area (Å²) in [4.78, 5) is 0. The molecular weight excluding hydrogens is 318 g/mol. The third-order valence-corrected chi connectivity index (χ3v) is 3.19. The Hall–Kier alpha value is -1.62. The first-order chi connectivity index (χ1) is 9.13. The van der Waals surface area contributed by atoms with Crippen LogP contribution >= 0.6 is 15.9 Å². The molecule has 0 N–H and O–H groups in total. The van der Waals surface area contributed by atoms with Gasteiger partial charge in [-0.3, -0.25) is 0 Å². The number of hydrogen-bond acceptors (Lipinski definition) is 2. The molecule has 0 saturated heterocycles. The Morgan fingerprint density at radius 1 is 1.05 bits per heavy atom. The maximum absolute atomic E-state index is 13.7. The van der Waals surface area contributed by atoms with Gasteiger partial charge in [-0.25, -0.2) is 8.78 Å². The fourth-order valence-corrected chi connectivity index (χ4v) is 1.96. The zero-order valence-corrected chi connectivity index (χ0v) is 11.7. The first kappa shape index (κ1) is 13.8. The molecule has 0 aliphatic rings. The minimum atomic E-state index is -0.658. The standard InChI is InChI=1S/C14H11BrF2O2/c1-18-12-4-2-3-5-13(12)19-8-9-11(16)7-6-10(15)14(9)17/h2-7H,8H2,1H3. The zero-order valence-electron chi connectivity index (χ0n) is 10.1. The highest BCUT2D eigenvalue weighted by Crippen LogP contribution is 2.28. The van der Waals surface area contributed by atoms with Gasteiger partial charge in [-0.1, -0.05) is 12.1 Å². The number of halogens is 3. The third kappa shape index (κ3) is 3.04. The average Bonchev–Trinajstić information content (AvgIpc) is 2.43. The molecule has 5 heteroatoms. The lowest BCUT2D eigenvalue weighted by Gasteiger charge is -2.11. The number of para-hydroxylation sites is 2. The number of rotatable bonds is 4. The van der Waals surface area contributed by atoms with Crippen molar-refractivity contribution in [1.29, 1.82) is 0 Å².